The minimum absolute atomic E-state index is 0.0190. The minimum atomic E-state index is -0.437. The largest absolute Gasteiger partial charge is 0.359 e. The molecular formula is C19H18N2O3. The van der Waals surface area contributed by atoms with Crippen molar-refractivity contribution >= 4 is 17.2 Å². The summed E-state index contributed by atoms with van der Waals surface area (Å²) in [5.74, 6) is 0.0448. The fraction of sp³-hybridized carbons (Fsp3) is 0.211. The van der Waals surface area contributed by atoms with Crippen LogP contribution in [0.2, 0.25) is 0 Å². The van der Waals surface area contributed by atoms with Crippen molar-refractivity contribution in [1.82, 2.24) is 0 Å². The number of nitrogens with zero attached hydrogens (tertiary/aromatic N) is 1. The predicted octanol–water partition coefficient (Wildman–Crippen LogP) is 3.74. The van der Waals surface area contributed by atoms with Gasteiger partial charge in [0.25, 0.3) is 5.69 Å². The summed E-state index contributed by atoms with van der Waals surface area (Å²) in [7, 11) is 0. The molecule has 1 aliphatic rings. The topological polar surface area (TPSA) is 72.2 Å². The smallest absolute Gasteiger partial charge is 0.269 e. The number of hydrogen-bond acceptors (Lipinski definition) is 4. The van der Waals surface area contributed by atoms with Crippen molar-refractivity contribution in [3.63, 3.8) is 0 Å². The quantitative estimate of drug-likeness (QED) is 0.672. The highest BCUT2D eigenvalue weighted by atomic mass is 16.6. The number of nitro benzene ring substituents is 1. The number of nitrogens with one attached hydrogen (secondary N) is 1. The summed E-state index contributed by atoms with van der Waals surface area (Å²) in [5, 5.41) is 14.1. The summed E-state index contributed by atoms with van der Waals surface area (Å²) in [6.45, 7) is 5.77. The molecule has 5 nitrogen and oxygen atoms in total. The molecule has 0 fully saturated rings. The molecule has 0 saturated heterocycles. The molecule has 0 spiro atoms. The lowest BCUT2D eigenvalue weighted by Gasteiger charge is -2.07. The molecule has 0 bridgehead atoms. The van der Waals surface area contributed by atoms with E-state index in [1.165, 1.54) is 12.1 Å². The van der Waals surface area contributed by atoms with Gasteiger partial charge in [-0.1, -0.05) is 24.8 Å². The number of benzene rings is 2. The van der Waals surface area contributed by atoms with Crippen molar-refractivity contribution in [1.29, 1.82) is 0 Å². The fourth-order valence-electron chi connectivity index (χ4n) is 2.95. The highest BCUT2D eigenvalue weighted by Crippen LogP contribution is 2.28. The van der Waals surface area contributed by atoms with Crippen molar-refractivity contribution < 1.29 is 9.72 Å². The Balaban J connectivity index is 1.73. The number of Topliss-reactive ketones (excluding diaryl/α,β-unsaturated/α-hetero) is 1. The molecule has 5 heteroatoms. The van der Waals surface area contributed by atoms with E-state index in [-0.39, 0.29) is 17.9 Å². The van der Waals surface area contributed by atoms with Crippen LogP contribution in [0, 0.1) is 17.0 Å². The van der Waals surface area contributed by atoms with Crippen LogP contribution in [-0.2, 0) is 24.1 Å². The second kappa shape index (κ2) is 6.28. The summed E-state index contributed by atoms with van der Waals surface area (Å²) < 4.78 is 0. The molecule has 0 aliphatic carbocycles. The molecule has 24 heavy (non-hydrogen) atoms. The zero-order valence-electron chi connectivity index (χ0n) is 13.5. The van der Waals surface area contributed by atoms with Crippen LogP contribution < -0.4 is 5.32 Å². The Labute approximate surface area is 140 Å². The van der Waals surface area contributed by atoms with Gasteiger partial charge in [-0.25, -0.2) is 0 Å². The lowest BCUT2D eigenvalue weighted by Crippen LogP contribution is -2.08. The molecule has 3 rings (SSSR count). The number of allylic oxidation sites excluding steroid dienone is 1. The van der Waals surface area contributed by atoms with Crippen molar-refractivity contribution in [2.75, 3.05) is 5.32 Å². The van der Waals surface area contributed by atoms with Gasteiger partial charge in [-0.2, -0.15) is 0 Å². The zero-order valence-corrected chi connectivity index (χ0v) is 13.5. The molecule has 0 atom stereocenters. The van der Waals surface area contributed by atoms with E-state index in [0.717, 1.165) is 34.5 Å². The molecule has 1 heterocycles. The molecule has 0 saturated carbocycles. The maximum absolute atomic E-state index is 12.4. The molecule has 122 valence electrons. The summed E-state index contributed by atoms with van der Waals surface area (Å²) in [4.78, 5) is 22.8. The van der Waals surface area contributed by atoms with Gasteiger partial charge in [-0.3, -0.25) is 14.9 Å². The Morgan fingerprint density at radius 3 is 2.79 bits per heavy atom. The van der Waals surface area contributed by atoms with E-state index in [2.05, 4.69) is 11.9 Å². The average Bonchev–Trinajstić information content (AvgIpc) is 2.88. The second-order valence-electron chi connectivity index (χ2n) is 6.16. The van der Waals surface area contributed by atoms with E-state index in [1.807, 2.05) is 25.1 Å². The van der Waals surface area contributed by atoms with Crippen LogP contribution in [0.15, 0.2) is 48.7 Å². The van der Waals surface area contributed by atoms with E-state index < -0.39 is 4.92 Å². The van der Waals surface area contributed by atoms with Crippen LogP contribution in [0.1, 0.15) is 22.3 Å². The van der Waals surface area contributed by atoms with Gasteiger partial charge in [0.05, 0.1) is 4.92 Å². The van der Waals surface area contributed by atoms with Crippen LogP contribution in [-0.4, -0.2) is 10.7 Å². The number of fused-ring (bicyclic) bond motifs is 1. The normalized spacial score (nSPS) is 12.6. The number of nitro groups is 1. The Kier molecular flexibility index (Phi) is 4.16. The fourth-order valence-corrected chi connectivity index (χ4v) is 2.95. The van der Waals surface area contributed by atoms with Crippen molar-refractivity contribution in [2.45, 2.75) is 26.2 Å². The van der Waals surface area contributed by atoms with Gasteiger partial charge in [0, 0.05) is 42.8 Å². The molecule has 0 aromatic heterocycles. The number of carbonyl (C=O) groups excluding carboxylic acids is 1. The Morgan fingerprint density at radius 1 is 1.25 bits per heavy atom. The van der Waals surface area contributed by atoms with Crippen LogP contribution in [0.25, 0.3) is 0 Å². The zero-order chi connectivity index (χ0) is 17.3. The summed E-state index contributed by atoms with van der Waals surface area (Å²) >= 11 is 0. The van der Waals surface area contributed by atoms with E-state index in [0.29, 0.717) is 12.0 Å². The molecule has 1 N–H and O–H groups in total. The van der Waals surface area contributed by atoms with E-state index in [9.17, 15) is 14.9 Å². The van der Waals surface area contributed by atoms with Crippen LogP contribution in [0.5, 0.6) is 0 Å². The Hall–Kier alpha value is -2.95. The average molecular weight is 322 g/mol. The SMILES string of the molecule is C=C1Cc2cc(CC(=O)Cc3cc([N+](=O)[O-])ccc3C)ccc2N1. The standard InChI is InChI=1S/C19H18N2O3/c1-12-3-5-17(21(23)24)10-15(12)11-18(22)9-14-4-6-19-16(8-14)7-13(2)20-19/h3-6,8,10,20H,2,7,9,11H2,1H3. The summed E-state index contributed by atoms with van der Waals surface area (Å²) in [5.41, 5.74) is 5.74. The van der Waals surface area contributed by atoms with E-state index in [4.69, 9.17) is 0 Å². The number of non-ortho nitro benzene ring substituents is 1. The van der Waals surface area contributed by atoms with Gasteiger partial charge in [-0.15, -0.1) is 0 Å². The van der Waals surface area contributed by atoms with Gasteiger partial charge in [0.2, 0.25) is 0 Å². The first kappa shape index (κ1) is 15.9. The lowest BCUT2D eigenvalue weighted by atomic mass is 9.98. The van der Waals surface area contributed by atoms with Crippen molar-refractivity contribution in [3.8, 4) is 0 Å². The van der Waals surface area contributed by atoms with Crippen molar-refractivity contribution in [2.24, 2.45) is 0 Å². The molecule has 1 aliphatic heterocycles. The Bertz CT molecular complexity index is 856. The molecule has 2 aromatic carbocycles. The van der Waals surface area contributed by atoms with Crippen LogP contribution in [0.4, 0.5) is 11.4 Å². The number of aryl methyl sites for hydroxylation is 1. The predicted molar refractivity (Wildman–Crippen MR) is 93.2 cm³/mol. The lowest BCUT2D eigenvalue weighted by molar-refractivity contribution is -0.384. The third-order valence-electron chi connectivity index (χ3n) is 4.22. The first-order valence-corrected chi connectivity index (χ1v) is 7.74. The van der Waals surface area contributed by atoms with Gasteiger partial charge < -0.3 is 5.32 Å². The summed E-state index contributed by atoms with van der Waals surface area (Å²) in [6, 6.07) is 10.6. The highest BCUT2D eigenvalue weighted by Gasteiger charge is 2.16. The van der Waals surface area contributed by atoms with E-state index in [1.54, 1.807) is 6.07 Å². The van der Waals surface area contributed by atoms with E-state index >= 15 is 0 Å². The third kappa shape index (κ3) is 3.35. The maximum atomic E-state index is 12.4. The van der Waals surface area contributed by atoms with Gasteiger partial charge in [0.1, 0.15) is 5.78 Å². The number of hydrogen-bond donors (Lipinski definition) is 1. The van der Waals surface area contributed by atoms with Gasteiger partial charge >= 0.3 is 0 Å². The summed E-state index contributed by atoms with van der Waals surface area (Å²) in [6.07, 6.45) is 1.30. The number of ketones is 1. The van der Waals surface area contributed by atoms with Crippen LogP contribution >= 0.6 is 0 Å². The Morgan fingerprint density at radius 2 is 2.04 bits per heavy atom. The first-order chi connectivity index (χ1) is 11.4. The second-order valence-corrected chi connectivity index (χ2v) is 6.16. The number of rotatable bonds is 5. The molecular weight excluding hydrogens is 304 g/mol. The van der Waals surface area contributed by atoms with Crippen molar-refractivity contribution in [3.05, 3.63) is 81.0 Å². The number of carbonyl (C=O) groups is 1. The van der Waals surface area contributed by atoms with Crippen LogP contribution in [0.3, 0.4) is 0 Å². The minimum Gasteiger partial charge on any atom is -0.359 e. The highest BCUT2D eigenvalue weighted by molar-refractivity contribution is 5.84. The molecule has 0 unspecified atom stereocenters. The van der Waals surface area contributed by atoms with Gasteiger partial charge in [-0.05, 0) is 35.2 Å². The van der Waals surface area contributed by atoms with Gasteiger partial charge in [0.15, 0.2) is 0 Å². The molecule has 0 amide bonds. The monoisotopic (exact) mass is 322 g/mol. The third-order valence-corrected chi connectivity index (χ3v) is 4.22. The first-order valence-electron chi connectivity index (χ1n) is 7.74. The molecule has 0 radical (unpaired) electrons. The molecule has 2 aromatic rings. The maximum Gasteiger partial charge on any atom is 0.269 e. The number of anilines is 1.